The molecular weight excluding hydrogens is 228 g/mol. The molecule has 18 heavy (non-hydrogen) atoms. The second-order valence-electron chi connectivity index (χ2n) is 4.65. The molecule has 100 valence electrons. The van der Waals surface area contributed by atoms with Gasteiger partial charge in [0.05, 0.1) is 4.92 Å². The molecule has 1 rings (SSSR count). The zero-order valence-electron chi connectivity index (χ0n) is 11.4. The topological polar surface area (TPSA) is 55.2 Å². The van der Waals surface area contributed by atoms with Gasteiger partial charge in [0.15, 0.2) is 0 Å². The fraction of sp³-hybridized carbons (Fsp3) is 0.571. The van der Waals surface area contributed by atoms with E-state index in [-0.39, 0.29) is 10.6 Å². The molecular formula is C14H22N2O2. The van der Waals surface area contributed by atoms with Crippen LogP contribution in [0.3, 0.4) is 0 Å². The molecule has 0 saturated heterocycles. The van der Waals surface area contributed by atoms with Gasteiger partial charge in [-0.3, -0.25) is 10.1 Å². The van der Waals surface area contributed by atoms with E-state index >= 15 is 0 Å². The molecule has 0 aliphatic rings. The van der Waals surface area contributed by atoms with E-state index in [9.17, 15) is 10.1 Å². The number of hydrogen-bond acceptors (Lipinski definition) is 3. The Hall–Kier alpha value is -1.58. The fourth-order valence-corrected chi connectivity index (χ4v) is 1.97. The standard InChI is InChI=1S/C14H22N2O2/c1-4-6-7-12(5-2)15-14-9-8-13(16(17)18)10-11(14)3/h8-10,12,15H,4-7H2,1-3H3. The van der Waals surface area contributed by atoms with Crippen molar-refractivity contribution >= 4 is 11.4 Å². The van der Waals surface area contributed by atoms with Gasteiger partial charge in [0.2, 0.25) is 0 Å². The molecule has 0 saturated carbocycles. The Kier molecular flexibility index (Phi) is 5.62. The van der Waals surface area contributed by atoms with Crippen molar-refractivity contribution in [2.75, 3.05) is 5.32 Å². The summed E-state index contributed by atoms with van der Waals surface area (Å²) in [5, 5.41) is 14.1. The lowest BCUT2D eigenvalue weighted by atomic mass is 10.1. The molecule has 1 aromatic carbocycles. The van der Waals surface area contributed by atoms with Gasteiger partial charge in [-0.05, 0) is 31.4 Å². The molecule has 0 aliphatic carbocycles. The van der Waals surface area contributed by atoms with E-state index in [1.807, 2.05) is 13.0 Å². The summed E-state index contributed by atoms with van der Waals surface area (Å²) in [7, 11) is 0. The summed E-state index contributed by atoms with van der Waals surface area (Å²) >= 11 is 0. The van der Waals surface area contributed by atoms with Crippen LogP contribution >= 0.6 is 0 Å². The summed E-state index contributed by atoms with van der Waals surface area (Å²) in [5.74, 6) is 0. The number of aryl methyl sites for hydroxylation is 1. The van der Waals surface area contributed by atoms with Crippen LogP contribution < -0.4 is 5.32 Å². The molecule has 1 unspecified atom stereocenters. The SMILES string of the molecule is CCCCC(CC)Nc1ccc([N+](=O)[O-])cc1C. The van der Waals surface area contributed by atoms with Gasteiger partial charge in [0.1, 0.15) is 0 Å². The normalized spacial score (nSPS) is 12.2. The minimum atomic E-state index is -0.356. The Morgan fingerprint density at radius 2 is 2.11 bits per heavy atom. The van der Waals surface area contributed by atoms with Crippen LogP contribution in [0.15, 0.2) is 18.2 Å². The van der Waals surface area contributed by atoms with Crippen LogP contribution in [0, 0.1) is 17.0 Å². The maximum atomic E-state index is 10.7. The molecule has 0 amide bonds. The molecule has 1 aromatic rings. The van der Waals surface area contributed by atoms with Crippen molar-refractivity contribution in [2.24, 2.45) is 0 Å². The van der Waals surface area contributed by atoms with Crippen LogP contribution in [-0.2, 0) is 0 Å². The second-order valence-corrected chi connectivity index (χ2v) is 4.65. The van der Waals surface area contributed by atoms with Gasteiger partial charge in [-0.1, -0.05) is 26.7 Å². The fourth-order valence-electron chi connectivity index (χ4n) is 1.97. The smallest absolute Gasteiger partial charge is 0.269 e. The summed E-state index contributed by atoms with van der Waals surface area (Å²) in [6.45, 7) is 6.25. The zero-order valence-corrected chi connectivity index (χ0v) is 11.4. The van der Waals surface area contributed by atoms with E-state index in [4.69, 9.17) is 0 Å². The number of benzene rings is 1. The first-order valence-electron chi connectivity index (χ1n) is 6.60. The summed E-state index contributed by atoms with van der Waals surface area (Å²) in [6, 6.07) is 5.43. The molecule has 0 spiro atoms. The molecule has 4 nitrogen and oxygen atoms in total. The Morgan fingerprint density at radius 3 is 2.61 bits per heavy atom. The third-order valence-corrected chi connectivity index (χ3v) is 3.18. The predicted molar refractivity (Wildman–Crippen MR) is 75.1 cm³/mol. The monoisotopic (exact) mass is 250 g/mol. The largest absolute Gasteiger partial charge is 0.382 e. The zero-order chi connectivity index (χ0) is 13.5. The first-order chi connectivity index (χ1) is 8.58. The number of unbranched alkanes of at least 4 members (excludes halogenated alkanes) is 1. The number of rotatable bonds is 7. The Morgan fingerprint density at radius 1 is 1.39 bits per heavy atom. The molecule has 0 fully saturated rings. The van der Waals surface area contributed by atoms with E-state index in [2.05, 4.69) is 19.2 Å². The molecule has 1 N–H and O–H groups in total. The van der Waals surface area contributed by atoms with Crippen molar-refractivity contribution in [2.45, 2.75) is 52.5 Å². The Labute approximate surface area is 109 Å². The average Bonchev–Trinajstić information content (AvgIpc) is 2.35. The maximum absolute atomic E-state index is 10.7. The molecule has 4 heteroatoms. The van der Waals surface area contributed by atoms with Gasteiger partial charge in [-0.15, -0.1) is 0 Å². The molecule has 0 radical (unpaired) electrons. The van der Waals surface area contributed by atoms with Crippen molar-refractivity contribution in [1.82, 2.24) is 0 Å². The highest BCUT2D eigenvalue weighted by Gasteiger charge is 2.11. The number of nitrogens with zero attached hydrogens (tertiary/aromatic N) is 1. The summed E-state index contributed by atoms with van der Waals surface area (Å²) < 4.78 is 0. The van der Waals surface area contributed by atoms with Crippen LogP contribution in [0.2, 0.25) is 0 Å². The lowest BCUT2D eigenvalue weighted by Gasteiger charge is -2.19. The average molecular weight is 250 g/mol. The number of hydrogen-bond donors (Lipinski definition) is 1. The van der Waals surface area contributed by atoms with Gasteiger partial charge in [0.25, 0.3) is 5.69 Å². The predicted octanol–water partition coefficient (Wildman–Crippen LogP) is 4.28. The van der Waals surface area contributed by atoms with Crippen molar-refractivity contribution in [3.8, 4) is 0 Å². The van der Waals surface area contributed by atoms with Crippen LogP contribution in [0.25, 0.3) is 0 Å². The highest BCUT2D eigenvalue weighted by atomic mass is 16.6. The van der Waals surface area contributed by atoms with Crippen LogP contribution in [0.5, 0.6) is 0 Å². The van der Waals surface area contributed by atoms with Gasteiger partial charge in [-0.25, -0.2) is 0 Å². The number of anilines is 1. The Balaban J connectivity index is 2.74. The maximum Gasteiger partial charge on any atom is 0.269 e. The molecule has 0 aromatic heterocycles. The number of nitro benzene ring substituents is 1. The number of nitro groups is 1. The molecule has 0 heterocycles. The van der Waals surface area contributed by atoms with Gasteiger partial charge in [-0.2, -0.15) is 0 Å². The number of nitrogens with one attached hydrogen (secondary N) is 1. The molecule has 1 atom stereocenters. The van der Waals surface area contributed by atoms with E-state index in [0.29, 0.717) is 6.04 Å². The van der Waals surface area contributed by atoms with Crippen molar-refractivity contribution in [3.05, 3.63) is 33.9 Å². The van der Waals surface area contributed by atoms with Gasteiger partial charge in [0, 0.05) is 23.9 Å². The van der Waals surface area contributed by atoms with Crippen molar-refractivity contribution in [3.63, 3.8) is 0 Å². The number of non-ortho nitro benzene ring substituents is 1. The summed E-state index contributed by atoms with van der Waals surface area (Å²) in [5.41, 5.74) is 2.09. The van der Waals surface area contributed by atoms with Gasteiger partial charge >= 0.3 is 0 Å². The first kappa shape index (κ1) is 14.5. The first-order valence-corrected chi connectivity index (χ1v) is 6.60. The van der Waals surface area contributed by atoms with Crippen molar-refractivity contribution in [1.29, 1.82) is 0 Å². The van der Waals surface area contributed by atoms with E-state index < -0.39 is 0 Å². The summed E-state index contributed by atoms with van der Waals surface area (Å²) in [4.78, 5) is 10.3. The van der Waals surface area contributed by atoms with Gasteiger partial charge < -0.3 is 5.32 Å². The lowest BCUT2D eigenvalue weighted by molar-refractivity contribution is -0.384. The van der Waals surface area contributed by atoms with E-state index in [1.165, 1.54) is 12.8 Å². The third-order valence-electron chi connectivity index (χ3n) is 3.18. The third kappa shape index (κ3) is 4.02. The van der Waals surface area contributed by atoms with Crippen LogP contribution in [0.4, 0.5) is 11.4 Å². The second kappa shape index (κ2) is 6.99. The Bertz CT molecular complexity index is 405. The van der Waals surface area contributed by atoms with Crippen molar-refractivity contribution < 1.29 is 4.92 Å². The van der Waals surface area contributed by atoms with E-state index in [1.54, 1.807) is 12.1 Å². The van der Waals surface area contributed by atoms with Crippen LogP contribution in [-0.4, -0.2) is 11.0 Å². The highest BCUT2D eigenvalue weighted by molar-refractivity contribution is 5.55. The van der Waals surface area contributed by atoms with E-state index in [0.717, 1.165) is 24.1 Å². The minimum Gasteiger partial charge on any atom is -0.382 e. The molecule has 0 aliphatic heterocycles. The lowest BCUT2D eigenvalue weighted by Crippen LogP contribution is -2.18. The highest BCUT2D eigenvalue weighted by Crippen LogP contribution is 2.23. The quantitative estimate of drug-likeness (QED) is 0.580. The minimum absolute atomic E-state index is 0.152. The van der Waals surface area contributed by atoms with Crippen LogP contribution in [0.1, 0.15) is 45.1 Å². The molecule has 0 bridgehead atoms. The summed E-state index contributed by atoms with van der Waals surface area (Å²) in [6.07, 6.45) is 4.61.